The van der Waals surface area contributed by atoms with Crippen molar-refractivity contribution in [3.05, 3.63) is 0 Å². The smallest absolute Gasteiger partial charge is 0.0590 e. The molecule has 1 aliphatic carbocycles. The molecule has 1 fully saturated rings. The van der Waals surface area contributed by atoms with E-state index >= 15 is 0 Å². The van der Waals surface area contributed by atoms with E-state index in [4.69, 9.17) is 9.47 Å². The average Bonchev–Trinajstić information content (AvgIpc) is 2.39. The minimum atomic E-state index is 0.799. The Balaban J connectivity index is 1.78. The number of hydrogen-bond donors (Lipinski definition) is 1. The van der Waals surface area contributed by atoms with Gasteiger partial charge in [-0.15, -0.1) is 0 Å². The molecule has 0 unspecified atom stereocenters. The molecule has 0 bridgehead atoms. The molecule has 1 N–H and O–H groups in total. The van der Waals surface area contributed by atoms with Crippen LogP contribution in [0.4, 0.5) is 0 Å². The highest BCUT2D eigenvalue weighted by Crippen LogP contribution is 2.29. The number of rotatable bonds is 10. The third-order valence-corrected chi connectivity index (χ3v) is 3.93. The minimum absolute atomic E-state index is 0.799. The highest BCUT2D eigenvalue weighted by atomic mass is 16.5. The molecule has 0 atom stereocenters. The quantitative estimate of drug-likeness (QED) is 0.610. The Morgan fingerprint density at radius 3 is 2.50 bits per heavy atom. The fourth-order valence-electron chi connectivity index (χ4n) is 2.60. The van der Waals surface area contributed by atoms with E-state index in [-0.39, 0.29) is 0 Å². The van der Waals surface area contributed by atoms with Crippen LogP contribution in [0.3, 0.4) is 0 Å². The monoisotopic (exact) mass is 257 g/mol. The van der Waals surface area contributed by atoms with Gasteiger partial charge < -0.3 is 14.8 Å². The van der Waals surface area contributed by atoms with Crippen molar-refractivity contribution in [3.63, 3.8) is 0 Å². The van der Waals surface area contributed by atoms with Gasteiger partial charge in [-0.3, -0.25) is 0 Å². The van der Waals surface area contributed by atoms with E-state index in [0.717, 1.165) is 51.2 Å². The first-order valence-electron chi connectivity index (χ1n) is 7.60. The third kappa shape index (κ3) is 8.06. The van der Waals surface area contributed by atoms with Gasteiger partial charge in [-0.1, -0.05) is 32.6 Å². The van der Waals surface area contributed by atoms with Crippen LogP contribution in [0.5, 0.6) is 0 Å². The molecule has 0 radical (unpaired) electrons. The van der Waals surface area contributed by atoms with Gasteiger partial charge in [-0.25, -0.2) is 0 Å². The van der Waals surface area contributed by atoms with Gasteiger partial charge in [0, 0.05) is 26.9 Å². The van der Waals surface area contributed by atoms with Crippen molar-refractivity contribution in [3.8, 4) is 0 Å². The Hall–Kier alpha value is -0.120. The molecule has 3 nitrogen and oxygen atoms in total. The standard InChI is InChI=1S/C15H31NO2/c1-14-4-6-15(7-5-14)8-9-16-10-13-18-12-3-11-17-2/h14-16H,3-13H2,1-2H3. The second-order valence-electron chi connectivity index (χ2n) is 5.62. The summed E-state index contributed by atoms with van der Waals surface area (Å²) in [5.74, 6) is 1.94. The summed E-state index contributed by atoms with van der Waals surface area (Å²) in [6.07, 6.45) is 8.10. The Bertz CT molecular complexity index is 179. The largest absolute Gasteiger partial charge is 0.385 e. The van der Waals surface area contributed by atoms with Crippen LogP contribution >= 0.6 is 0 Å². The Labute approximate surface area is 113 Å². The number of nitrogens with one attached hydrogen (secondary N) is 1. The van der Waals surface area contributed by atoms with Crippen LogP contribution in [0, 0.1) is 11.8 Å². The minimum Gasteiger partial charge on any atom is -0.385 e. The Morgan fingerprint density at radius 2 is 1.78 bits per heavy atom. The molecule has 1 aliphatic rings. The van der Waals surface area contributed by atoms with E-state index in [1.807, 2.05) is 0 Å². The summed E-state index contributed by atoms with van der Waals surface area (Å²) in [5, 5.41) is 3.48. The average molecular weight is 257 g/mol. The lowest BCUT2D eigenvalue weighted by atomic mass is 9.81. The maximum absolute atomic E-state index is 5.50. The van der Waals surface area contributed by atoms with Crippen LogP contribution in [0.15, 0.2) is 0 Å². The maximum Gasteiger partial charge on any atom is 0.0590 e. The molecule has 1 rings (SSSR count). The third-order valence-electron chi connectivity index (χ3n) is 3.93. The van der Waals surface area contributed by atoms with Gasteiger partial charge in [0.2, 0.25) is 0 Å². The van der Waals surface area contributed by atoms with Crippen molar-refractivity contribution in [2.75, 3.05) is 40.0 Å². The van der Waals surface area contributed by atoms with Crippen molar-refractivity contribution in [2.24, 2.45) is 11.8 Å². The van der Waals surface area contributed by atoms with Crippen molar-refractivity contribution in [1.29, 1.82) is 0 Å². The molecule has 0 spiro atoms. The van der Waals surface area contributed by atoms with Crippen LogP contribution in [0.25, 0.3) is 0 Å². The molecular formula is C15H31NO2. The van der Waals surface area contributed by atoms with Crippen LogP contribution in [0.2, 0.25) is 0 Å². The fraction of sp³-hybridized carbons (Fsp3) is 1.00. The first-order valence-corrected chi connectivity index (χ1v) is 7.60. The number of methoxy groups -OCH3 is 1. The first-order chi connectivity index (χ1) is 8.83. The summed E-state index contributed by atoms with van der Waals surface area (Å²) < 4.78 is 10.5. The lowest BCUT2D eigenvalue weighted by molar-refractivity contribution is 0.104. The van der Waals surface area contributed by atoms with E-state index in [9.17, 15) is 0 Å². The molecule has 0 heterocycles. The SMILES string of the molecule is COCCCOCCNCCC1CCC(C)CC1. The van der Waals surface area contributed by atoms with Crippen molar-refractivity contribution in [2.45, 2.75) is 45.4 Å². The van der Waals surface area contributed by atoms with Crippen molar-refractivity contribution in [1.82, 2.24) is 5.32 Å². The fourth-order valence-corrected chi connectivity index (χ4v) is 2.60. The molecule has 0 aromatic heterocycles. The molecule has 18 heavy (non-hydrogen) atoms. The maximum atomic E-state index is 5.50. The Kier molecular flexibility index (Phi) is 9.54. The zero-order valence-corrected chi connectivity index (χ0v) is 12.2. The molecule has 0 aromatic carbocycles. The highest BCUT2D eigenvalue weighted by Gasteiger charge is 2.17. The zero-order chi connectivity index (χ0) is 13.1. The van der Waals surface area contributed by atoms with Gasteiger partial charge in [0.25, 0.3) is 0 Å². The number of hydrogen-bond acceptors (Lipinski definition) is 3. The topological polar surface area (TPSA) is 30.5 Å². The van der Waals surface area contributed by atoms with Crippen molar-refractivity contribution < 1.29 is 9.47 Å². The normalized spacial score (nSPS) is 24.3. The van der Waals surface area contributed by atoms with E-state index < -0.39 is 0 Å². The van der Waals surface area contributed by atoms with Crippen LogP contribution in [-0.2, 0) is 9.47 Å². The second kappa shape index (κ2) is 10.8. The zero-order valence-electron chi connectivity index (χ0n) is 12.2. The molecule has 0 saturated heterocycles. The van der Waals surface area contributed by atoms with Gasteiger partial charge in [0.15, 0.2) is 0 Å². The molecule has 0 aromatic rings. The molecule has 1 saturated carbocycles. The van der Waals surface area contributed by atoms with E-state index in [0.29, 0.717) is 0 Å². The lowest BCUT2D eigenvalue weighted by Gasteiger charge is -2.26. The van der Waals surface area contributed by atoms with Crippen LogP contribution < -0.4 is 5.32 Å². The number of ether oxygens (including phenoxy) is 2. The van der Waals surface area contributed by atoms with E-state index in [1.54, 1.807) is 7.11 Å². The van der Waals surface area contributed by atoms with Gasteiger partial charge >= 0.3 is 0 Å². The molecule has 3 heteroatoms. The predicted molar refractivity (Wildman–Crippen MR) is 75.9 cm³/mol. The molecule has 0 aliphatic heterocycles. The molecule has 0 amide bonds. The van der Waals surface area contributed by atoms with Gasteiger partial charge in [-0.2, -0.15) is 0 Å². The highest BCUT2D eigenvalue weighted by molar-refractivity contribution is 4.70. The summed E-state index contributed by atoms with van der Waals surface area (Å²) in [6, 6.07) is 0. The molecular weight excluding hydrogens is 226 g/mol. The van der Waals surface area contributed by atoms with Gasteiger partial charge in [0.05, 0.1) is 6.61 Å². The van der Waals surface area contributed by atoms with E-state index in [2.05, 4.69) is 12.2 Å². The summed E-state index contributed by atoms with van der Waals surface area (Å²) in [7, 11) is 1.73. The summed E-state index contributed by atoms with van der Waals surface area (Å²) in [5.41, 5.74) is 0. The van der Waals surface area contributed by atoms with Gasteiger partial charge in [-0.05, 0) is 31.2 Å². The van der Waals surface area contributed by atoms with E-state index in [1.165, 1.54) is 32.1 Å². The second-order valence-corrected chi connectivity index (χ2v) is 5.62. The van der Waals surface area contributed by atoms with Crippen LogP contribution in [0.1, 0.15) is 45.4 Å². The summed E-state index contributed by atoms with van der Waals surface area (Å²) in [4.78, 5) is 0. The van der Waals surface area contributed by atoms with Crippen molar-refractivity contribution >= 4 is 0 Å². The Morgan fingerprint density at radius 1 is 1.00 bits per heavy atom. The summed E-state index contributed by atoms with van der Waals surface area (Å²) in [6.45, 7) is 6.96. The first kappa shape index (κ1) is 15.9. The van der Waals surface area contributed by atoms with Gasteiger partial charge in [0.1, 0.15) is 0 Å². The predicted octanol–water partition coefficient (Wildman–Crippen LogP) is 2.85. The summed E-state index contributed by atoms with van der Waals surface area (Å²) >= 11 is 0. The lowest BCUT2D eigenvalue weighted by Crippen LogP contribution is -2.24. The van der Waals surface area contributed by atoms with Crippen LogP contribution in [-0.4, -0.2) is 40.0 Å². The molecule has 108 valence electrons.